The molecule has 0 aliphatic carbocycles. The Kier molecular flexibility index (Phi) is 8.37. The number of nitrogens with one attached hydrogen (secondary N) is 1. The van der Waals surface area contributed by atoms with Crippen LogP contribution < -0.4 is 5.32 Å². The van der Waals surface area contributed by atoms with Crippen LogP contribution in [-0.2, 0) is 13.0 Å². The molecule has 118 valence electrons. The summed E-state index contributed by atoms with van der Waals surface area (Å²) in [5.74, 6) is 0.0390. The van der Waals surface area contributed by atoms with Gasteiger partial charge in [-0.25, -0.2) is 4.79 Å². The van der Waals surface area contributed by atoms with Crippen molar-refractivity contribution < 1.29 is 9.90 Å². The first-order valence-corrected chi connectivity index (χ1v) is 8.68. The fraction of sp³-hybridized carbons (Fsp3) is 0.643. The number of carbonyl (C=O) groups is 1. The van der Waals surface area contributed by atoms with Crippen LogP contribution in [0.2, 0.25) is 0 Å². The van der Waals surface area contributed by atoms with E-state index in [0.29, 0.717) is 6.54 Å². The molecule has 1 rings (SSSR count). The Morgan fingerprint density at radius 1 is 1.48 bits per heavy atom. The summed E-state index contributed by atoms with van der Waals surface area (Å²) in [7, 11) is 0. The Morgan fingerprint density at radius 3 is 2.86 bits per heavy atom. The third-order valence-corrected chi connectivity index (χ3v) is 4.41. The molecule has 0 fully saturated rings. The zero-order chi connectivity index (χ0) is 15.7. The van der Waals surface area contributed by atoms with Crippen LogP contribution in [0.25, 0.3) is 0 Å². The second kappa shape index (κ2) is 9.78. The fourth-order valence-electron chi connectivity index (χ4n) is 1.80. The van der Waals surface area contributed by atoms with E-state index in [9.17, 15) is 4.79 Å². The molecule has 2 N–H and O–H groups in total. The van der Waals surface area contributed by atoms with Crippen molar-refractivity contribution in [2.45, 2.75) is 46.1 Å². The lowest BCUT2D eigenvalue weighted by molar-refractivity contribution is 0.0689. The second-order valence-corrected chi connectivity index (χ2v) is 6.49. The number of aromatic nitrogens is 2. The van der Waals surface area contributed by atoms with E-state index in [1.54, 1.807) is 22.5 Å². The molecule has 0 aliphatic rings. The molecule has 0 radical (unpaired) electrons. The van der Waals surface area contributed by atoms with E-state index in [1.165, 1.54) is 0 Å². The summed E-state index contributed by atoms with van der Waals surface area (Å²) in [5, 5.41) is 16.4. The molecule has 7 heteroatoms. The van der Waals surface area contributed by atoms with Gasteiger partial charge in [-0.1, -0.05) is 44.2 Å². The van der Waals surface area contributed by atoms with E-state index in [1.807, 2.05) is 0 Å². The maximum absolute atomic E-state index is 11.0. The minimum absolute atomic E-state index is 0.115. The minimum atomic E-state index is -0.978. The second-order valence-electron chi connectivity index (χ2n) is 4.72. The zero-order valence-corrected chi connectivity index (χ0v) is 14.2. The van der Waals surface area contributed by atoms with Crippen molar-refractivity contribution in [2.75, 3.05) is 12.3 Å². The first-order chi connectivity index (χ1) is 10.1. The molecule has 5 nitrogen and oxygen atoms in total. The molecule has 1 aromatic heterocycles. The first kappa shape index (κ1) is 18.0. The van der Waals surface area contributed by atoms with Gasteiger partial charge in [-0.2, -0.15) is 5.10 Å². The van der Waals surface area contributed by atoms with Crippen molar-refractivity contribution in [3.63, 3.8) is 0 Å². The number of aromatic carboxylic acids is 1. The Labute approximate surface area is 135 Å². The monoisotopic (exact) mass is 329 g/mol. The first-order valence-electron chi connectivity index (χ1n) is 7.29. The fourth-order valence-corrected chi connectivity index (χ4v) is 2.75. The number of carboxylic acid groups (broad SMARTS) is 1. The summed E-state index contributed by atoms with van der Waals surface area (Å²) in [6, 6.07) is 1.65. The minimum Gasteiger partial charge on any atom is -0.476 e. The molecule has 0 aromatic carbocycles. The summed E-state index contributed by atoms with van der Waals surface area (Å²) in [4.78, 5) is 11.0. The molecule has 0 saturated carbocycles. The highest BCUT2D eigenvalue weighted by Gasteiger charge is 2.12. The van der Waals surface area contributed by atoms with E-state index in [2.05, 4.69) is 24.3 Å². The topological polar surface area (TPSA) is 67.2 Å². The molecule has 0 bridgehead atoms. The summed E-state index contributed by atoms with van der Waals surface area (Å²) >= 11 is 6.86. The average molecular weight is 329 g/mol. The third-order valence-electron chi connectivity index (χ3n) is 2.89. The van der Waals surface area contributed by atoms with Crippen molar-refractivity contribution in [3.8, 4) is 0 Å². The molecule has 0 amide bonds. The molecule has 1 aromatic rings. The molecule has 21 heavy (non-hydrogen) atoms. The predicted octanol–water partition coefficient (Wildman–Crippen LogP) is 2.94. The number of unbranched alkanes of at least 4 members (excludes halogenated alkanes) is 1. The average Bonchev–Trinajstić information content (AvgIpc) is 2.86. The van der Waals surface area contributed by atoms with E-state index in [4.69, 9.17) is 17.3 Å². The SMILES string of the molecule is CCCCn1nc(C(=O)O)cc1CCNC(=S)SCCC. The number of carboxylic acids is 1. The molecule has 0 atom stereocenters. The van der Waals surface area contributed by atoms with E-state index in [0.717, 1.165) is 48.0 Å². The van der Waals surface area contributed by atoms with E-state index < -0.39 is 5.97 Å². The standard InChI is InChI=1S/C14H23N3O2S2/c1-3-5-8-17-11(10-12(16-17)13(18)19)6-7-15-14(20)21-9-4-2/h10H,3-9H2,1-2H3,(H,15,20)(H,18,19). The summed E-state index contributed by atoms with van der Waals surface area (Å²) in [5.41, 5.74) is 1.06. The van der Waals surface area contributed by atoms with Crippen LogP contribution in [0.4, 0.5) is 0 Å². The van der Waals surface area contributed by atoms with E-state index in [-0.39, 0.29) is 5.69 Å². The maximum atomic E-state index is 11.0. The van der Waals surface area contributed by atoms with Crippen molar-refractivity contribution in [1.29, 1.82) is 0 Å². The lowest BCUT2D eigenvalue weighted by atomic mass is 10.2. The predicted molar refractivity (Wildman–Crippen MR) is 91.1 cm³/mol. The lowest BCUT2D eigenvalue weighted by Gasteiger charge is -2.09. The Morgan fingerprint density at radius 2 is 2.24 bits per heavy atom. The molecule has 1 heterocycles. The summed E-state index contributed by atoms with van der Waals surface area (Å²) in [6.07, 6.45) is 3.86. The molecule has 0 unspecified atom stereocenters. The summed E-state index contributed by atoms with van der Waals surface area (Å²) in [6.45, 7) is 5.68. The van der Waals surface area contributed by atoms with Crippen LogP contribution in [0.3, 0.4) is 0 Å². The van der Waals surface area contributed by atoms with Crippen molar-refractivity contribution >= 4 is 34.3 Å². The number of rotatable bonds is 9. The van der Waals surface area contributed by atoms with Gasteiger partial charge >= 0.3 is 5.97 Å². The number of hydrogen-bond acceptors (Lipinski definition) is 4. The van der Waals surface area contributed by atoms with Crippen LogP contribution in [0.1, 0.15) is 49.3 Å². The zero-order valence-electron chi connectivity index (χ0n) is 12.6. The van der Waals surface area contributed by atoms with Crippen LogP contribution in [-0.4, -0.2) is 37.5 Å². The molecular formula is C14H23N3O2S2. The van der Waals surface area contributed by atoms with Gasteiger partial charge in [0.1, 0.15) is 4.32 Å². The van der Waals surface area contributed by atoms with Gasteiger partial charge < -0.3 is 10.4 Å². The number of nitrogens with zero attached hydrogens (tertiary/aromatic N) is 2. The van der Waals surface area contributed by atoms with Gasteiger partial charge in [0.25, 0.3) is 0 Å². The highest BCUT2D eigenvalue weighted by Crippen LogP contribution is 2.08. The highest BCUT2D eigenvalue weighted by molar-refractivity contribution is 8.22. The Hall–Kier alpha value is -1.08. The Bertz CT molecular complexity index is 475. The number of thiocarbonyl (C=S) groups is 1. The Balaban J connectivity index is 2.55. The van der Waals surface area contributed by atoms with Gasteiger partial charge in [-0.3, -0.25) is 4.68 Å². The summed E-state index contributed by atoms with van der Waals surface area (Å²) < 4.78 is 2.60. The molecule has 0 aliphatic heterocycles. The van der Waals surface area contributed by atoms with Crippen molar-refractivity contribution in [3.05, 3.63) is 17.5 Å². The van der Waals surface area contributed by atoms with E-state index >= 15 is 0 Å². The van der Waals surface area contributed by atoms with Gasteiger partial charge in [-0.15, -0.1) is 0 Å². The number of aryl methyl sites for hydroxylation is 1. The number of thioether (sulfide) groups is 1. The highest BCUT2D eigenvalue weighted by atomic mass is 32.2. The van der Waals surface area contributed by atoms with Crippen molar-refractivity contribution in [2.24, 2.45) is 0 Å². The quantitative estimate of drug-likeness (QED) is 0.679. The van der Waals surface area contributed by atoms with Gasteiger partial charge in [0.2, 0.25) is 0 Å². The van der Waals surface area contributed by atoms with Gasteiger partial charge in [0, 0.05) is 25.2 Å². The number of hydrogen-bond donors (Lipinski definition) is 2. The van der Waals surface area contributed by atoms with Gasteiger partial charge in [-0.05, 0) is 24.7 Å². The van der Waals surface area contributed by atoms with Crippen LogP contribution in [0.5, 0.6) is 0 Å². The lowest BCUT2D eigenvalue weighted by Crippen LogP contribution is -2.22. The van der Waals surface area contributed by atoms with Gasteiger partial charge in [0.15, 0.2) is 5.69 Å². The largest absolute Gasteiger partial charge is 0.476 e. The third kappa shape index (κ3) is 6.48. The maximum Gasteiger partial charge on any atom is 0.356 e. The van der Waals surface area contributed by atoms with Crippen LogP contribution in [0, 0.1) is 0 Å². The molecular weight excluding hydrogens is 306 g/mol. The van der Waals surface area contributed by atoms with Crippen LogP contribution in [0.15, 0.2) is 6.07 Å². The molecule has 0 spiro atoms. The van der Waals surface area contributed by atoms with Crippen LogP contribution >= 0.6 is 24.0 Å². The smallest absolute Gasteiger partial charge is 0.356 e. The van der Waals surface area contributed by atoms with Gasteiger partial charge in [0.05, 0.1) is 0 Å². The molecule has 0 saturated heterocycles. The van der Waals surface area contributed by atoms with Crippen molar-refractivity contribution in [1.82, 2.24) is 15.1 Å². The normalized spacial score (nSPS) is 10.6.